The van der Waals surface area contributed by atoms with Gasteiger partial charge in [0.2, 0.25) is 11.8 Å². The zero-order valence-corrected chi connectivity index (χ0v) is 14.9. The first-order chi connectivity index (χ1) is 12.6. The molecule has 0 radical (unpaired) electrons. The van der Waals surface area contributed by atoms with Gasteiger partial charge in [-0.05, 0) is 37.8 Å². The van der Waals surface area contributed by atoms with Crippen molar-refractivity contribution in [2.75, 3.05) is 11.9 Å². The van der Waals surface area contributed by atoms with Crippen LogP contribution in [0.15, 0.2) is 24.3 Å². The molecule has 2 aliphatic carbocycles. The van der Waals surface area contributed by atoms with Crippen LogP contribution in [0.2, 0.25) is 0 Å². The third kappa shape index (κ3) is 3.59. The number of likely N-dealkylation sites (tertiary alicyclic amines) is 1. The molecular formula is C20H25N3O3. The van der Waals surface area contributed by atoms with Gasteiger partial charge in [0.1, 0.15) is 0 Å². The molecule has 1 aliphatic heterocycles. The zero-order valence-electron chi connectivity index (χ0n) is 14.9. The summed E-state index contributed by atoms with van der Waals surface area (Å²) in [5.41, 5.74) is 0.993. The Kier molecular flexibility index (Phi) is 4.66. The minimum atomic E-state index is -0.345. The Morgan fingerprint density at radius 3 is 2.50 bits per heavy atom. The number of amides is 3. The lowest BCUT2D eigenvalue weighted by Crippen LogP contribution is -2.35. The number of hydrogen-bond donors (Lipinski definition) is 2. The standard InChI is InChI=1S/C20H25N3O3/c24-18-11-13(12-23(18)15-5-1-2-6-15)19(25)22-17-8-4-3-7-16(17)20(26)21-14-9-10-14/h3-4,7-8,13-15H,1-2,5-6,9-12H2,(H,21,26)(H,22,25). The normalized spacial score (nSPS) is 23.3. The SMILES string of the molecule is O=C(NC1CC1)c1ccccc1NC(=O)C1CC(=O)N(C2CCCC2)C1. The van der Waals surface area contributed by atoms with Crippen molar-refractivity contribution in [3.8, 4) is 0 Å². The number of carbonyl (C=O) groups is 3. The van der Waals surface area contributed by atoms with Gasteiger partial charge in [-0.1, -0.05) is 25.0 Å². The number of nitrogens with zero attached hydrogens (tertiary/aromatic N) is 1. The molecule has 3 aliphatic rings. The highest BCUT2D eigenvalue weighted by Gasteiger charge is 2.38. The molecule has 1 atom stereocenters. The van der Waals surface area contributed by atoms with E-state index in [2.05, 4.69) is 10.6 Å². The summed E-state index contributed by atoms with van der Waals surface area (Å²) in [5.74, 6) is -0.594. The van der Waals surface area contributed by atoms with Crippen molar-refractivity contribution < 1.29 is 14.4 Å². The molecule has 6 nitrogen and oxygen atoms in total. The molecule has 6 heteroatoms. The monoisotopic (exact) mass is 355 g/mol. The number of hydrogen-bond acceptors (Lipinski definition) is 3. The minimum Gasteiger partial charge on any atom is -0.349 e. The molecule has 3 fully saturated rings. The van der Waals surface area contributed by atoms with E-state index in [4.69, 9.17) is 0 Å². The molecule has 0 bridgehead atoms. The average molecular weight is 355 g/mol. The van der Waals surface area contributed by atoms with Gasteiger partial charge in [-0.3, -0.25) is 14.4 Å². The van der Waals surface area contributed by atoms with Crippen molar-refractivity contribution in [1.29, 1.82) is 0 Å². The number of para-hydroxylation sites is 1. The van der Waals surface area contributed by atoms with Crippen molar-refractivity contribution in [2.24, 2.45) is 5.92 Å². The van der Waals surface area contributed by atoms with E-state index >= 15 is 0 Å². The molecule has 0 spiro atoms. The van der Waals surface area contributed by atoms with Crippen LogP contribution >= 0.6 is 0 Å². The minimum absolute atomic E-state index is 0.0804. The van der Waals surface area contributed by atoms with E-state index in [1.807, 2.05) is 4.90 Å². The highest BCUT2D eigenvalue weighted by atomic mass is 16.2. The van der Waals surface area contributed by atoms with Crippen LogP contribution in [0.5, 0.6) is 0 Å². The number of carbonyl (C=O) groups excluding carboxylic acids is 3. The molecule has 1 saturated heterocycles. The summed E-state index contributed by atoms with van der Waals surface area (Å²) < 4.78 is 0. The third-order valence-corrected chi connectivity index (χ3v) is 5.64. The van der Waals surface area contributed by atoms with Crippen molar-refractivity contribution >= 4 is 23.4 Å². The first-order valence-electron chi connectivity index (χ1n) is 9.62. The fraction of sp³-hybridized carbons (Fsp3) is 0.550. The van der Waals surface area contributed by atoms with Crippen LogP contribution in [0, 0.1) is 5.92 Å². The second-order valence-electron chi connectivity index (χ2n) is 7.67. The maximum absolute atomic E-state index is 12.7. The van der Waals surface area contributed by atoms with E-state index in [0.29, 0.717) is 23.8 Å². The van der Waals surface area contributed by atoms with Gasteiger partial charge in [-0.2, -0.15) is 0 Å². The number of anilines is 1. The van der Waals surface area contributed by atoms with Gasteiger partial charge in [0.25, 0.3) is 5.91 Å². The quantitative estimate of drug-likeness (QED) is 0.851. The molecule has 2 N–H and O–H groups in total. The Hall–Kier alpha value is -2.37. The maximum Gasteiger partial charge on any atom is 0.253 e. The van der Waals surface area contributed by atoms with Gasteiger partial charge in [-0.25, -0.2) is 0 Å². The summed E-state index contributed by atoms with van der Waals surface area (Å²) >= 11 is 0. The first-order valence-corrected chi connectivity index (χ1v) is 9.62. The van der Waals surface area contributed by atoms with E-state index in [1.165, 1.54) is 0 Å². The van der Waals surface area contributed by atoms with Crippen LogP contribution in [0.25, 0.3) is 0 Å². The average Bonchev–Trinajstić information content (AvgIpc) is 3.12. The van der Waals surface area contributed by atoms with Crippen molar-refractivity contribution in [2.45, 2.75) is 57.0 Å². The van der Waals surface area contributed by atoms with Gasteiger partial charge >= 0.3 is 0 Å². The predicted octanol–water partition coefficient (Wildman–Crippen LogP) is 2.31. The highest BCUT2D eigenvalue weighted by Crippen LogP contribution is 2.30. The highest BCUT2D eigenvalue weighted by molar-refractivity contribution is 6.05. The third-order valence-electron chi connectivity index (χ3n) is 5.64. The Balaban J connectivity index is 1.42. The summed E-state index contributed by atoms with van der Waals surface area (Å²) in [6.45, 7) is 0.492. The van der Waals surface area contributed by atoms with Crippen LogP contribution in [0.3, 0.4) is 0 Å². The van der Waals surface area contributed by atoms with E-state index in [1.54, 1.807) is 24.3 Å². The maximum atomic E-state index is 12.7. The van der Waals surface area contributed by atoms with Crippen molar-refractivity contribution in [3.05, 3.63) is 29.8 Å². The molecule has 1 aromatic carbocycles. The molecule has 138 valence electrons. The van der Waals surface area contributed by atoms with Crippen LogP contribution < -0.4 is 10.6 Å². The molecular weight excluding hydrogens is 330 g/mol. The zero-order chi connectivity index (χ0) is 18.1. The fourth-order valence-electron chi connectivity index (χ4n) is 3.99. The summed E-state index contributed by atoms with van der Waals surface area (Å²) in [6, 6.07) is 7.62. The summed E-state index contributed by atoms with van der Waals surface area (Å²) in [6.07, 6.45) is 6.71. The molecule has 1 unspecified atom stereocenters. The first kappa shape index (κ1) is 17.1. The molecule has 26 heavy (non-hydrogen) atoms. The fourth-order valence-corrected chi connectivity index (χ4v) is 3.99. The lowest BCUT2D eigenvalue weighted by atomic mass is 10.1. The molecule has 0 aromatic heterocycles. The number of nitrogens with one attached hydrogen (secondary N) is 2. The van der Waals surface area contributed by atoms with Crippen molar-refractivity contribution in [3.63, 3.8) is 0 Å². The largest absolute Gasteiger partial charge is 0.349 e. The second-order valence-corrected chi connectivity index (χ2v) is 7.67. The van der Waals surface area contributed by atoms with Gasteiger partial charge in [0, 0.05) is 25.0 Å². The van der Waals surface area contributed by atoms with Gasteiger partial charge in [-0.15, -0.1) is 0 Å². The molecule has 3 amide bonds. The summed E-state index contributed by atoms with van der Waals surface area (Å²) in [5, 5.41) is 5.83. The van der Waals surface area contributed by atoms with E-state index in [9.17, 15) is 14.4 Å². The van der Waals surface area contributed by atoms with Crippen LogP contribution in [-0.4, -0.2) is 41.2 Å². The smallest absolute Gasteiger partial charge is 0.253 e. The second kappa shape index (κ2) is 7.09. The topological polar surface area (TPSA) is 78.5 Å². The lowest BCUT2D eigenvalue weighted by Gasteiger charge is -2.24. The van der Waals surface area contributed by atoms with E-state index in [0.717, 1.165) is 38.5 Å². The Bertz CT molecular complexity index is 723. The Labute approximate surface area is 153 Å². The van der Waals surface area contributed by atoms with Crippen molar-refractivity contribution in [1.82, 2.24) is 10.2 Å². The predicted molar refractivity (Wildman–Crippen MR) is 97.6 cm³/mol. The summed E-state index contributed by atoms with van der Waals surface area (Å²) in [4.78, 5) is 39.3. The summed E-state index contributed by atoms with van der Waals surface area (Å²) in [7, 11) is 0. The lowest BCUT2D eigenvalue weighted by molar-refractivity contribution is -0.129. The van der Waals surface area contributed by atoms with E-state index in [-0.39, 0.29) is 36.1 Å². The van der Waals surface area contributed by atoms with Gasteiger partial charge in [0.15, 0.2) is 0 Å². The van der Waals surface area contributed by atoms with Crippen LogP contribution in [0.4, 0.5) is 5.69 Å². The Morgan fingerprint density at radius 2 is 1.77 bits per heavy atom. The van der Waals surface area contributed by atoms with Crippen LogP contribution in [-0.2, 0) is 9.59 Å². The number of benzene rings is 1. The van der Waals surface area contributed by atoms with E-state index < -0.39 is 0 Å². The number of rotatable bonds is 5. The Morgan fingerprint density at radius 1 is 1.04 bits per heavy atom. The molecule has 2 saturated carbocycles. The molecule has 1 heterocycles. The molecule has 1 aromatic rings. The van der Waals surface area contributed by atoms with Crippen LogP contribution in [0.1, 0.15) is 55.3 Å². The molecule has 4 rings (SSSR count). The van der Waals surface area contributed by atoms with Gasteiger partial charge in [0.05, 0.1) is 17.2 Å². The van der Waals surface area contributed by atoms with Gasteiger partial charge < -0.3 is 15.5 Å².